The van der Waals surface area contributed by atoms with Crippen LogP contribution in [0.2, 0.25) is 0 Å². The largest absolute Gasteiger partial charge is 0.367 e. The molecule has 2 atom stereocenters. The van der Waals surface area contributed by atoms with Gasteiger partial charge in [-0.2, -0.15) is 0 Å². The number of hydrogen-bond donors (Lipinski definition) is 1. The van der Waals surface area contributed by atoms with Crippen LogP contribution in [0.3, 0.4) is 0 Å². The van der Waals surface area contributed by atoms with Crippen LogP contribution < -0.4 is 5.32 Å². The Morgan fingerprint density at radius 1 is 1.15 bits per heavy atom. The van der Waals surface area contributed by atoms with Gasteiger partial charge < -0.3 is 4.74 Å². The Labute approximate surface area is 82.0 Å². The molecular weight excluding hydrogens is 162 g/mol. The summed E-state index contributed by atoms with van der Waals surface area (Å²) in [5.74, 6) is 0.833. The molecule has 1 aliphatic rings. The van der Waals surface area contributed by atoms with Gasteiger partial charge in [0.2, 0.25) is 0 Å². The zero-order chi connectivity index (χ0) is 9.90. The van der Waals surface area contributed by atoms with Crippen molar-refractivity contribution in [1.82, 2.24) is 5.32 Å². The molecule has 2 unspecified atom stereocenters. The van der Waals surface area contributed by atoms with Gasteiger partial charge in [-0.3, -0.25) is 5.32 Å². The van der Waals surface area contributed by atoms with E-state index in [1.807, 2.05) is 0 Å². The van der Waals surface area contributed by atoms with Gasteiger partial charge in [0.1, 0.15) is 6.23 Å². The van der Waals surface area contributed by atoms with Crippen LogP contribution in [0.15, 0.2) is 0 Å². The maximum atomic E-state index is 5.32. The monoisotopic (exact) mass is 185 g/mol. The van der Waals surface area contributed by atoms with Crippen LogP contribution >= 0.6 is 0 Å². The third-order valence-corrected chi connectivity index (χ3v) is 3.15. The molecule has 1 rings (SSSR count). The van der Waals surface area contributed by atoms with Crippen molar-refractivity contribution in [3.05, 3.63) is 0 Å². The van der Waals surface area contributed by atoms with Crippen molar-refractivity contribution < 1.29 is 4.74 Å². The van der Waals surface area contributed by atoms with Gasteiger partial charge in [0.15, 0.2) is 0 Å². The van der Waals surface area contributed by atoms with E-state index in [1.165, 1.54) is 12.8 Å². The van der Waals surface area contributed by atoms with Gasteiger partial charge in [-0.15, -0.1) is 0 Å². The highest BCUT2D eigenvalue weighted by Gasteiger charge is 2.27. The lowest BCUT2D eigenvalue weighted by Crippen LogP contribution is -2.29. The van der Waals surface area contributed by atoms with E-state index in [-0.39, 0.29) is 6.23 Å². The molecule has 1 aliphatic heterocycles. The molecule has 0 aromatic carbocycles. The summed E-state index contributed by atoms with van der Waals surface area (Å²) in [5.41, 5.74) is 0.449. The average Bonchev–Trinajstić information content (AvgIpc) is 2.26. The molecule has 1 N–H and O–H groups in total. The maximum Gasteiger partial charge on any atom is 0.107 e. The third kappa shape index (κ3) is 3.28. The first kappa shape index (κ1) is 11.0. The minimum atomic E-state index is 0.285. The predicted molar refractivity (Wildman–Crippen MR) is 55.6 cm³/mol. The second-order valence-electron chi connectivity index (χ2n) is 5.11. The first-order chi connectivity index (χ1) is 6.04. The molecule has 1 fully saturated rings. The molecule has 0 aromatic heterocycles. The number of rotatable bonds is 1. The Kier molecular flexibility index (Phi) is 3.74. The lowest BCUT2D eigenvalue weighted by atomic mass is 9.76. The highest BCUT2D eigenvalue weighted by molar-refractivity contribution is 4.78. The summed E-state index contributed by atoms with van der Waals surface area (Å²) in [4.78, 5) is 0. The van der Waals surface area contributed by atoms with Crippen LogP contribution in [0.5, 0.6) is 0 Å². The van der Waals surface area contributed by atoms with Crippen LogP contribution in [0.4, 0.5) is 0 Å². The Morgan fingerprint density at radius 3 is 2.38 bits per heavy atom. The molecule has 0 spiro atoms. The minimum Gasteiger partial charge on any atom is -0.367 e. The first-order valence-corrected chi connectivity index (χ1v) is 5.30. The van der Waals surface area contributed by atoms with Crippen molar-refractivity contribution in [1.29, 1.82) is 0 Å². The summed E-state index contributed by atoms with van der Waals surface area (Å²) in [6.07, 6.45) is 4.00. The maximum absolute atomic E-state index is 5.32. The number of nitrogens with one attached hydrogen (secondary N) is 1. The van der Waals surface area contributed by atoms with Crippen LogP contribution in [-0.2, 0) is 4.74 Å². The molecule has 2 heteroatoms. The van der Waals surface area contributed by atoms with Crippen molar-refractivity contribution in [3.8, 4) is 0 Å². The van der Waals surface area contributed by atoms with Crippen LogP contribution in [0.1, 0.15) is 40.0 Å². The van der Waals surface area contributed by atoms with Gasteiger partial charge in [-0.1, -0.05) is 20.8 Å². The van der Waals surface area contributed by atoms with Crippen molar-refractivity contribution in [2.75, 3.05) is 13.7 Å². The second kappa shape index (κ2) is 4.43. The second-order valence-corrected chi connectivity index (χ2v) is 5.11. The van der Waals surface area contributed by atoms with E-state index in [1.54, 1.807) is 7.11 Å². The fourth-order valence-electron chi connectivity index (χ4n) is 2.08. The summed E-state index contributed by atoms with van der Waals surface area (Å²) in [6, 6.07) is 0. The minimum absolute atomic E-state index is 0.285. The summed E-state index contributed by atoms with van der Waals surface area (Å²) in [7, 11) is 1.79. The average molecular weight is 185 g/mol. The molecule has 0 radical (unpaired) electrons. The molecule has 78 valence electrons. The lowest BCUT2D eigenvalue weighted by Gasteiger charge is -2.29. The molecule has 0 aromatic rings. The molecule has 0 bridgehead atoms. The van der Waals surface area contributed by atoms with Gasteiger partial charge in [0.05, 0.1) is 0 Å². The Hall–Kier alpha value is -0.0800. The Morgan fingerprint density at radius 2 is 1.85 bits per heavy atom. The van der Waals surface area contributed by atoms with Gasteiger partial charge in [0, 0.05) is 7.11 Å². The van der Waals surface area contributed by atoms with E-state index in [9.17, 15) is 0 Å². The van der Waals surface area contributed by atoms with E-state index >= 15 is 0 Å². The standard InChI is InChI=1S/C11H23NO/c1-11(2,3)9-5-6-10(13-4)12-8-7-9/h9-10,12H,5-8H2,1-4H3. The summed E-state index contributed by atoms with van der Waals surface area (Å²) in [6.45, 7) is 8.11. The van der Waals surface area contributed by atoms with Crippen LogP contribution in [0, 0.1) is 11.3 Å². The van der Waals surface area contributed by atoms with E-state index in [2.05, 4.69) is 26.1 Å². The van der Waals surface area contributed by atoms with Crippen molar-refractivity contribution in [3.63, 3.8) is 0 Å². The van der Waals surface area contributed by atoms with Gasteiger partial charge in [-0.25, -0.2) is 0 Å². The first-order valence-electron chi connectivity index (χ1n) is 5.30. The Balaban J connectivity index is 2.45. The zero-order valence-electron chi connectivity index (χ0n) is 9.39. The van der Waals surface area contributed by atoms with Gasteiger partial charge in [0.25, 0.3) is 0 Å². The molecular formula is C11H23NO. The SMILES string of the molecule is COC1CCC(C(C)(C)C)CCN1. The summed E-state index contributed by atoms with van der Waals surface area (Å²) >= 11 is 0. The summed E-state index contributed by atoms with van der Waals surface area (Å²) in [5, 5.41) is 3.41. The lowest BCUT2D eigenvalue weighted by molar-refractivity contribution is 0.0686. The smallest absolute Gasteiger partial charge is 0.107 e. The highest BCUT2D eigenvalue weighted by Crippen LogP contribution is 2.33. The van der Waals surface area contributed by atoms with Crippen molar-refractivity contribution in [2.45, 2.75) is 46.3 Å². The highest BCUT2D eigenvalue weighted by atomic mass is 16.5. The van der Waals surface area contributed by atoms with Crippen molar-refractivity contribution >= 4 is 0 Å². The molecule has 1 heterocycles. The number of hydrogen-bond acceptors (Lipinski definition) is 2. The molecule has 0 saturated carbocycles. The van der Waals surface area contributed by atoms with E-state index in [0.717, 1.165) is 18.9 Å². The fraction of sp³-hybridized carbons (Fsp3) is 1.00. The van der Waals surface area contributed by atoms with Gasteiger partial charge in [-0.05, 0) is 37.1 Å². The summed E-state index contributed by atoms with van der Waals surface area (Å²) < 4.78 is 5.32. The van der Waals surface area contributed by atoms with E-state index in [4.69, 9.17) is 4.74 Å². The number of ether oxygens (including phenoxy) is 1. The normalized spacial score (nSPS) is 31.4. The fourth-order valence-corrected chi connectivity index (χ4v) is 2.08. The Bertz CT molecular complexity index is 151. The zero-order valence-corrected chi connectivity index (χ0v) is 9.39. The molecule has 0 aliphatic carbocycles. The molecule has 1 saturated heterocycles. The number of methoxy groups -OCH3 is 1. The predicted octanol–water partition coefficient (Wildman–Crippen LogP) is 2.39. The topological polar surface area (TPSA) is 21.3 Å². The van der Waals surface area contributed by atoms with Crippen LogP contribution in [-0.4, -0.2) is 19.9 Å². The van der Waals surface area contributed by atoms with Crippen LogP contribution in [0.25, 0.3) is 0 Å². The van der Waals surface area contributed by atoms with E-state index < -0.39 is 0 Å². The third-order valence-electron chi connectivity index (χ3n) is 3.15. The molecule has 2 nitrogen and oxygen atoms in total. The van der Waals surface area contributed by atoms with E-state index in [0.29, 0.717) is 5.41 Å². The van der Waals surface area contributed by atoms with Gasteiger partial charge >= 0.3 is 0 Å². The quantitative estimate of drug-likeness (QED) is 0.677. The molecule has 0 amide bonds. The molecule has 13 heavy (non-hydrogen) atoms. The van der Waals surface area contributed by atoms with Crippen molar-refractivity contribution in [2.24, 2.45) is 11.3 Å².